The van der Waals surface area contributed by atoms with Crippen LogP contribution >= 0.6 is 0 Å². The molecule has 0 aliphatic heterocycles. The molecule has 5 heteroatoms. The molecule has 2 heterocycles. The number of fused-ring (bicyclic) bond motifs is 1. The van der Waals surface area contributed by atoms with Gasteiger partial charge < -0.3 is 5.73 Å². The molecule has 0 saturated heterocycles. The van der Waals surface area contributed by atoms with E-state index in [-0.39, 0.29) is 0 Å². The fraction of sp³-hybridized carbons (Fsp3) is 0.130. The van der Waals surface area contributed by atoms with Crippen molar-refractivity contribution in [3.8, 4) is 22.4 Å². The highest BCUT2D eigenvalue weighted by atomic mass is 14.8. The van der Waals surface area contributed by atoms with Crippen LogP contribution in [-0.2, 0) is 6.42 Å². The van der Waals surface area contributed by atoms with Crippen molar-refractivity contribution in [2.24, 2.45) is 10.7 Å². The van der Waals surface area contributed by atoms with Gasteiger partial charge in [0.15, 0.2) is 0 Å². The monoisotopic (exact) mass is 367 g/mol. The van der Waals surface area contributed by atoms with Gasteiger partial charge in [0.2, 0.25) is 0 Å². The lowest BCUT2D eigenvalue weighted by Gasteiger charge is -2.09. The SMILES string of the molecule is C=Nc1cc(-c2ccc3ncc(-c4ccc(C)nc4)nc3c2)ccc1CCN. The van der Waals surface area contributed by atoms with Gasteiger partial charge in [-0.3, -0.25) is 15.0 Å². The largest absolute Gasteiger partial charge is 0.330 e. The fourth-order valence-corrected chi connectivity index (χ4v) is 3.21. The topological polar surface area (TPSA) is 77.0 Å². The van der Waals surface area contributed by atoms with E-state index in [1.54, 1.807) is 6.20 Å². The third-order valence-electron chi connectivity index (χ3n) is 4.75. The number of hydrogen-bond donors (Lipinski definition) is 1. The molecule has 0 aliphatic carbocycles. The first kappa shape index (κ1) is 17.9. The first-order valence-electron chi connectivity index (χ1n) is 9.18. The summed E-state index contributed by atoms with van der Waals surface area (Å²) in [5.74, 6) is 0. The van der Waals surface area contributed by atoms with Gasteiger partial charge in [-0.25, -0.2) is 4.98 Å². The van der Waals surface area contributed by atoms with E-state index in [2.05, 4.69) is 45.9 Å². The summed E-state index contributed by atoms with van der Waals surface area (Å²) < 4.78 is 0. The molecule has 138 valence electrons. The van der Waals surface area contributed by atoms with E-state index in [0.29, 0.717) is 6.54 Å². The Morgan fingerprint density at radius 2 is 1.68 bits per heavy atom. The van der Waals surface area contributed by atoms with Crippen LogP contribution in [0.5, 0.6) is 0 Å². The van der Waals surface area contributed by atoms with Crippen molar-refractivity contribution in [2.45, 2.75) is 13.3 Å². The molecule has 4 aromatic rings. The minimum atomic E-state index is 0.587. The van der Waals surface area contributed by atoms with Gasteiger partial charge in [0.25, 0.3) is 0 Å². The van der Waals surface area contributed by atoms with Gasteiger partial charge in [-0.05, 0) is 73.6 Å². The van der Waals surface area contributed by atoms with Crippen LogP contribution in [0, 0.1) is 6.92 Å². The van der Waals surface area contributed by atoms with Crippen LogP contribution in [0.4, 0.5) is 5.69 Å². The summed E-state index contributed by atoms with van der Waals surface area (Å²) in [4.78, 5) is 17.9. The van der Waals surface area contributed by atoms with Crippen LogP contribution < -0.4 is 5.73 Å². The molecular weight excluding hydrogens is 346 g/mol. The van der Waals surface area contributed by atoms with Crippen molar-refractivity contribution in [3.05, 3.63) is 72.2 Å². The van der Waals surface area contributed by atoms with Crippen molar-refractivity contribution in [1.29, 1.82) is 0 Å². The number of aliphatic imine (C=N–C) groups is 1. The van der Waals surface area contributed by atoms with Crippen LogP contribution in [-0.4, -0.2) is 28.2 Å². The zero-order valence-corrected chi connectivity index (χ0v) is 15.8. The van der Waals surface area contributed by atoms with Crippen molar-refractivity contribution in [2.75, 3.05) is 6.54 Å². The summed E-state index contributed by atoms with van der Waals surface area (Å²) in [6.45, 7) is 6.24. The lowest BCUT2D eigenvalue weighted by atomic mass is 10.0. The van der Waals surface area contributed by atoms with Gasteiger partial charge in [-0.2, -0.15) is 0 Å². The van der Waals surface area contributed by atoms with E-state index >= 15 is 0 Å². The predicted octanol–water partition coefficient (Wildman–Crippen LogP) is 4.50. The minimum Gasteiger partial charge on any atom is -0.330 e. The molecule has 4 rings (SSSR count). The summed E-state index contributed by atoms with van der Waals surface area (Å²) in [5, 5.41) is 0. The Kier molecular flexibility index (Phi) is 4.91. The summed E-state index contributed by atoms with van der Waals surface area (Å²) in [6, 6.07) is 16.3. The number of rotatable bonds is 5. The molecule has 5 nitrogen and oxygen atoms in total. The summed E-state index contributed by atoms with van der Waals surface area (Å²) >= 11 is 0. The molecule has 0 spiro atoms. The molecule has 0 unspecified atom stereocenters. The molecule has 28 heavy (non-hydrogen) atoms. The lowest BCUT2D eigenvalue weighted by Crippen LogP contribution is -2.02. The van der Waals surface area contributed by atoms with Gasteiger partial charge in [-0.1, -0.05) is 18.2 Å². The van der Waals surface area contributed by atoms with Crippen LogP contribution in [0.1, 0.15) is 11.3 Å². The normalized spacial score (nSPS) is 10.9. The standard InChI is InChI=1S/C23H21N5/c1-15-3-4-19(13-26-15)23-14-27-20-8-7-18(12-22(20)28-23)17-6-5-16(9-10-24)21(11-17)25-2/h3-8,11-14H,2,9-10,24H2,1H3. The number of nitrogens with two attached hydrogens (primary N) is 1. The maximum absolute atomic E-state index is 5.68. The second-order valence-electron chi connectivity index (χ2n) is 6.69. The quantitative estimate of drug-likeness (QED) is 0.527. The van der Waals surface area contributed by atoms with E-state index in [9.17, 15) is 0 Å². The summed E-state index contributed by atoms with van der Waals surface area (Å²) in [6.07, 6.45) is 4.40. The number of aromatic nitrogens is 3. The highest BCUT2D eigenvalue weighted by Crippen LogP contribution is 2.29. The average Bonchev–Trinajstić information content (AvgIpc) is 2.74. The van der Waals surface area contributed by atoms with Crippen molar-refractivity contribution in [3.63, 3.8) is 0 Å². The smallest absolute Gasteiger partial charge is 0.0908 e. The highest BCUT2D eigenvalue weighted by Gasteiger charge is 2.08. The average molecular weight is 367 g/mol. The number of aryl methyl sites for hydroxylation is 1. The molecule has 2 aromatic heterocycles. The molecule has 2 aromatic carbocycles. The van der Waals surface area contributed by atoms with Crippen molar-refractivity contribution < 1.29 is 0 Å². The number of hydrogen-bond acceptors (Lipinski definition) is 5. The van der Waals surface area contributed by atoms with Gasteiger partial charge in [-0.15, -0.1) is 0 Å². The number of nitrogens with zero attached hydrogens (tertiary/aromatic N) is 4. The minimum absolute atomic E-state index is 0.587. The summed E-state index contributed by atoms with van der Waals surface area (Å²) in [7, 11) is 0. The molecule has 0 fully saturated rings. The van der Waals surface area contributed by atoms with Crippen LogP contribution in [0.15, 0.2) is 65.9 Å². The van der Waals surface area contributed by atoms with E-state index < -0.39 is 0 Å². The zero-order chi connectivity index (χ0) is 19.5. The van der Waals surface area contributed by atoms with Crippen LogP contribution in [0.3, 0.4) is 0 Å². The van der Waals surface area contributed by atoms with Crippen molar-refractivity contribution in [1.82, 2.24) is 15.0 Å². The number of benzene rings is 2. The maximum Gasteiger partial charge on any atom is 0.0908 e. The van der Waals surface area contributed by atoms with Gasteiger partial charge in [0.1, 0.15) is 0 Å². The Labute approximate surface area is 164 Å². The Morgan fingerprint density at radius 1 is 0.893 bits per heavy atom. The molecule has 0 amide bonds. The van der Waals surface area contributed by atoms with Crippen LogP contribution in [0.25, 0.3) is 33.4 Å². The zero-order valence-electron chi connectivity index (χ0n) is 15.8. The Morgan fingerprint density at radius 3 is 2.43 bits per heavy atom. The first-order chi connectivity index (χ1) is 13.7. The van der Waals surface area contributed by atoms with Crippen molar-refractivity contribution >= 4 is 23.4 Å². The first-order valence-corrected chi connectivity index (χ1v) is 9.18. The van der Waals surface area contributed by atoms with E-state index in [1.807, 2.05) is 37.4 Å². The molecule has 0 atom stereocenters. The fourth-order valence-electron chi connectivity index (χ4n) is 3.21. The molecular formula is C23H21N5. The van der Waals surface area contributed by atoms with Gasteiger partial charge >= 0.3 is 0 Å². The Hall–Kier alpha value is -3.44. The van der Waals surface area contributed by atoms with E-state index in [4.69, 9.17) is 10.7 Å². The van der Waals surface area contributed by atoms with Gasteiger partial charge in [0, 0.05) is 17.5 Å². The predicted molar refractivity (Wildman–Crippen MR) is 115 cm³/mol. The maximum atomic E-state index is 5.68. The van der Waals surface area contributed by atoms with Gasteiger partial charge in [0.05, 0.1) is 28.6 Å². The number of pyridine rings is 1. The summed E-state index contributed by atoms with van der Waals surface area (Å²) in [5.41, 5.74) is 14.2. The van der Waals surface area contributed by atoms with E-state index in [1.165, 1.54) is 0 Å². The third kappa shape index (κ3) is 3.52. The Bertz CT molecular complexity index is 1150. The molecule has 0 bridgehead atoms. The second-order valence-corrected chi connectivity index (χ2v) is 6.69. The lowest BCUT2D eigenvalue weighted by molar-refractivity contribution is 0.968. The van der Waals surface area contributed by atoms with E-state index in [0.717, 1.165) is 56.8 Å². The molecule has 0 aliphatic rings. The third-order valence-corrected chi connectivity index (χ3v) is 4.75. The Balaban J connectivity index is 1.76. The second kappa shape index (κ2) is 7.66. The highest BCUT2D eigenvalue weighted by molar-refractivity contribution is 5.83. The molecule has 2 N–H and O–H groups in total. The van der Waals surface area contributed by atoms with Crippen LogP contribution in [0.2, 0.25) is 0 Å². The molecule has 0 saturated carbocycles. The molecule has 0 radical (unpaired) electrons.